The molecule has 3 nitrogen and oxygen atoms in total. The van der Waals surface area contributed by atoms with Crippen molar-refractivity contribution in [3.05, 3.63) is 12.2 Å². The van der Waals surface area contributed by atoms with E-state index >= 15 is 0 Å². The molecular formula is C12H24O3Si. The highest BCUT2D eigenvalue weighted by atomic mass is 28.4. The number of hydrogen-bond donors (Lipinski definition) is 1. The molecule has 0 fully saturated rings. The van der Waals surface area contributed by atoms with E-state index in [1.54, 1.807) is 6.08 Å². The summed E-state index contributed by atoms with van der Waals surface area (Å²) in [6, 6.07) is 0. The topological polar surface area (TPSA) is 46.5 Å². The minimum atomic E-state index is -1.73. The van der Waals surface area contributed by atoms with Crippen LogP contribution >= 0.6 is 0 Å². The number of carbonyl (C=O) groups is 1. The molecule has 0 aliphatic carbocycles. The van der Waals surface area contributed by atoms with Gasteiger partial charge in [0, 0.05) is 12.2 Å². The van der Waals surface area contributed by atoms with E-state index in [-0.39, 0.29) is 11.1 Å². The summed E-state index contributed by atoms with van der Waals surface area (Å²) >= 11 is 0. The normalized spacial score (nSPS) is 15.4. The first-order valence-electron chi connectivity index (χ1n) is 5.63. The van der Waals surface area contributed by atoms with Gasteiger partial charge in [-0.05, 0) is 31.5 Å². The lowest BCUT2D eigenvalue weighted by Crippen LogP contribution is -2.43. The Balaban J connectivity index is 4.24. The fourth-order valence-corrected chi connectivity index (χ4v) is 2.54. The third-order valence-electron chi connectivity index (χ3n) is 3.03. The maximum absolute atomic E-state index is 10.3. The molecule has 0 rings (SSSR count). The summed E-state index contributed by atoms with van der Waals surface area (Å²) in [6.07, 6.45) is 3.56. The Morgan fingerprint density at radius 2 is 1.94 bits per heavy atom. The third kappa shape index (κ3) is 5.46. The molecular weight excluding hydrogens is 220 g/mol. The molecule has 0 radical (unpaired) electrons. The molecule has 0 aliphatic heterocycles. The van der Waals surface area contributed by atoms with E-state index < -0.39 is 14.3 Å². The van der Waals surface area contributed by atoms with E-state index in [1.807, 2.05) is 6.92 Å². The molecule has 0 bridgehead atoms. The quantitative estimate of drug-likeness (QED) is 0.595. The maximum Gasteiger partial charge on any atom is 0.327 e. The van der Waals surface area contributed by atoms with Crippen LogP contribution in [0.3, 0.4) is 0 Å². The highest BCUT2D eigenvalue weighted by molar-refractivity contribution is 6.74. The first kappa shape index (κ1) is 15.4. The zero-order chi connectivity index (χ0) is 13.0. The summed E-state index contributed by atoms with van der Waals surface area (Å²) in [5, 5.41) is 8.66. The Kier molecular flexibility index (Phi) is 5.42. The van der Waals surface area contributed by atoms with E-state index in [0.717, 1.165) is 0 Å². The molecule has 16 heavy (non-hydrogen) atoms. The molecule has 0 aliphatic rings. The molecule has 0 aromatic heterocycles. The van der Waals surface area contributed by atoms with Gasteiger partial charge >= 0.3 is 5.97 Å². The maximum atomic E-state index is 10.3. The van der Waals surface area contributed by atoms with E-state index in [9.17, 15) is 4.79 Å². The van der Waals surface area contributed by atoms with Crippen molar-refractivity contribution in [3.8, 4) is 0 Å². The first-order chi connectivity index (χ1) is 7.06. The van der Waals surface area contributed by atoms with Crippen LogP contribution in [-0.2, 0) is 9.22 Å². The lowest BCUT2D eigenvalue weighted by atomic mass is 10.2. The second-order valence-electron chi connectivity index (χ2n) is 5.67. The van der Waals surface area contributed by atoms with Crippen molar-refractivity contribution >= 4 is 14.3 Å². The van der Waals surface area contributed by atoms with Gasteiger partial charge < -0.3 is 9.53 Å². The average molecular weight is 244 g/mol. The zero-order valence-corrected chi connectivity index (χ0v) is 12.2. The van der Waals surface area contributed by atoms with Crippen LogP contribution in [0.5, 0.6) is 0 Å². The monoisotopic (exact) mass is 244 g/mol. The van der Waals surface area contributed by atoms with Gasteiger partial charge in [-0.3, -0.25) is 0 Å². The van der Waals surface area contributed by atoms with E-state index in [1.165, 1.54) is 6.08 Å². The van der Waals surface area contributed by atoms with Gasteiger partial charge in [0.15, 0.2) is 8.32 Å². The highest BCUT2D eigenvalue weighted by Crippen LogP contribution is 2.37. The number of rotatable bonds is 5. The van der Waals surface area contributed by atoms with E-state index in [2.05, 4.69) is 33.9 Å². The minimum absolute atomic E-state index is 0.0801. The summed E-state index contributed by atoms with van der Waals surface area (Å²) in [4.78, 5) is 10.3. The summed E-state index contributed by atoms with van der Waals surface area (Å²) in [5.74, 6) is -0.903. The molecule has 0 heterocycles. The van der Waals surface area contributed by atoms with Crippen molar-refractivity contribution in [2.24, 2.45) is 0 Å². The molecule has 1 atom stereocenters. The zero-order valence-electron chi connectivity index (χ0n) is 11.2. The number of carboxylic acid groups (broad SMARTS) is 1. The second kappa shape index (κ2) is 5.64. The number of aliphatic carboxylic acids is 1. The molecule has 0 spiro atoms. The van der Waals surface area contributed by atoms with Crippen molar-refractivity contribution < 1.29 is 14.3 Å². The van der Waals surface area contributed by atoms with Gasteiger partial charge in [0.05, 0.1) is 0 Å². The standard InChI is InChI=1S/C12H24O3Si/c1-10(8-7-9-11(13)14)15-16(5,6)12(2,3)4/h7,9-10H,8H2,1-6H3,(H,13,14)/t10-/m1/s1. The van der Waals surface area contributed by atoms with Crippen LogP contribution < -0.4 is 0 Å². The Morgan fingerprint density at radius 1 is 1.44 bits per heavy atom. The summed E-state index contributed by atoms with van der Waals surface area (Å²) in [6.45, 7) is 13.0. The first-order valence-corrected chi connectivity index (χ1v) is 8.54. The van der Waals surface area contributed by atoms with Crippen molar-refractivity contribution in [2.45, 2.75) is 58.4 Å². The number of hydrogen-bond acceptors (Lipinski definition) is 2. The van der Waals surface area contributed by atoms with Gasteiger partial charge in [0.25, 0.3) is 0 Å². The molecule has 0 aromatic rings. The van der Waals surface area contributed by atoms with Crippen molar-refractivity contribution in [1.29, 1.82) is 0 Å². The van der Waals surface area contributed by atoms with Gasteiger partial charge in [-0.25, -0.2) is 4.79 Å². The van der Waals surface area contributed by atoms with Crippen molar-refractivity contribution in [2.75, 3.05) is 0 Å². The van der Waals surface area contributed by atoms with Gasteiger partial charge in [0.2, 0.25) is 0 Å². The SMILES string of the molecule is C[C@H](CC=CC(=O)O)O[Si](C)(C)C(C)(C)C. The predicted molar refractivity (Wildman–Crippen MR) is 69.1 cm³/mol. The average Bonchev–Trinajstić information content (AvgIpc) is 1.99. The van der Waals surface area contributed by atoms with E-state index in [0.29, 0.717) is 6.42 Å². The fraction of sp³-hybridized carbons (Fsp3) is 0.750. The predicted octanol–water partition coefficient (Wildman–Crippen LogP) is 3.43. The van der Waals surface area contributed by atoms with E-state index in [4.69, 9.17) is 9.53 Å². The smallest absolute Gasteiger partial charge is 0.327 e. The van der Waals surface area contributed by atoms with Crippen LogP contribution in [0.1, 0.15) is 34.1 Å². The second-order valence-corrected chi connectivity index (χ2v) is 10.4. The highest BCUT2D eigenvalue weighted by Gasteiger charge is 2.38. The summed E-state index contributed by atoms with van der Waals surface area (Å²) in [5.41, 5.74) is 0. The Bertz CT molecular complexity index is 264. The van der Waals surface area contributed by atoms with Crippen LogP contribution in [0, 0.1) is 0 Å². The van der Waals surface area contributed by atoms with Crippen LogP contribution in [0.4, 0.5) is 0 Å². The van der Waals surface area contributed by atoms with Crippen LogP contribution in [-0.4, -0.2) is 25.5 Å². The minimum Gasteiger partial charge on any atom is -0.478 e. The number of carboxylic acids is 1. The van der Waals surface area contributed by atoms with Gasteiger partial charge in [-0.1, -0.05) is 26.8 Å². The summed E-state index contributed by atoms with van der Waals surface area (Å²) in [7, 11) is -1.73. The third-order valence-corrected chi connectivity index (χ3v) is 7.63. The van der Waals surface area contributed by atoms with Crippen molar-refractivity contribution in [3.63, 3.8) is 0 Å². The van der Waals surface area contributed by atoms with Crippen LogP contribution in [0.15, 0.2) is 12.2 Å². The molecule has 0 amide bonds. The lowest BCUT2D eigenvalue weighted by Gasteiger charge is -2.38. The molecule has 0 saturated carbocycles. The molecule has 0 aromatic carbocycles. The van der Waals surface area contributed by atoms with Crippen LogP contribution in [0.25, 0.3) is 0 Å². The Labute approximate surface area is 99.6 Å². The Morgan fingerprint density at radius 3 is 2.31 bits per heavy atom. The molecule has 0 unspecified atom stereocenters. The fourth-order valence-electron chi connectivity index (χ4n) is 1.09. The largest absolute Gasteiger partial charge is 0.478 e. The summed E-state index contributed by atoms with van der Waals surface area (Å²) < 4.78 is 6.08. The molecule has 4 heteroatoms. The molecule has 94 valence electrons. The van der Waals surface area contributed by atoms with Crippen LogP contribution in [0.2, 0.25) is 18.1 Å². The molecule has 0 saturated heterocycles. The van der Waals surface area contributed by atoms with Gasteiger partial charge in [-0.2, -0.15) is 0 Å². The lowest BCUT2D eigenvalue weighted by molar-refractivity contribution is -0.131. The Hall–Kier alpha value is -0.613. The van der Waals surface area contributed by atoms with Gasteiger partial charge in [0.1, 0.15) is 0 Å². The van der Waals surface area contributed by atoms with Gasteiger partial charge in [-0.15, -0.1) is 0 Å². The van der Waals surface area contributed by atoms with Crippen molar-refractivity contribution in [1.82, 2.24) is 0 Å². The molecule has 1 N–H and O–H groups in total.